The van der Waals surface area contributed by atoms with E-state index in [2.05, 4.69) is 22.3 Å². The number of carbonyl (C=O) groups is 1. The Morgan fingerprint density at radius 2 is 1.96 bits per heavy atom. The predicted molar refractivity (Wildman–Crippen MR) is 111 cm³/mol. The summed E-state index contributed by atoms with van der Waals surface area (Å²) in [5, 5.41) is 9.77. The Hall–Kier alpha value is -2.48. The van der Waals surface area contributed by atoms with Crippen LogP contribution in [-0.2, 0) is 11.3 Å². The van der Waals surface area contributed by atoms with Crippen LogP contribution in [0.2, 0.25) is 0 Å². The van der Waals surface area contributed by atoms with Gasteiger partial charge in [-0.15, -0.1) is 11.3 Å². The minimum Gasteiger partial charge on any atom is -0.379 e. The third-order valence-corrected chi connectivity index (χ3v) is 5.64. The molecule has 1 N–H and O–H groups in total. The van der Waals surface area contributed by atoms with E-state index in [1.807, 2.05) is 46.6 Å². The second-order valence-electron chi connectivity index (χ2n) is 6.76. The molecular formula is C21H24N4O2S. The van der Waals surface area contributed by atoms with Crippen molar-refractivity contribution in [2.45, 2.75) is 6.54 Å². The highest BCUT2D eigenvalue weighted by atomic mass is 32.1. The van der Waals surface area contributed by atoms with Crippen LogP contribution in [0.5, 0.6) is 0 Å². The van der Waals surface area contributed by atoms with Crippen LogP contribution in [0.25, 0.3) is 10.6 Å². The highest BCUT2D eigenvalue weighted by Crippen LogP contribution is 2.27. The minimum absolute atomic E-state index is 0.0732. The van der Waals surface area contributed by atoms with Gasteiger partial charge in [0.2, 0.25) is 0 Å². The first kappa shape index (κ1) is 18.9. The Bertz CT molecular complexity index is 887. The number of benzene rings is 1. The van der Waals surface area contributed by atoms with Crippen LogP contribution >= 0.6 is 11.3 Å². The lowest BCUT2D eigenvalue weighted by Gasteiger charge is -2.26. The molecule has 1 fully saturated rings. The van der Waals surface area contributed by atoms with Gasteiger partial charge in [-0.1, -0.05) is 36.4 Å². The van der Waals surface area contributed by atoms with Crippen LogP contribution in [0.4, 0.5) is 0 Å². The average Bonchev–Trinajstić information content (AvgIpc) is 3.39. The molecular weight excluding hydrogens is 372 g/mol. The van der Waals surface area contributed by atoms with Gasteiger partial charge in [0, 0.05) is 32.4 Å². The van der Waals surface area contributed by atoms with Gasteiger partial charge in [-0.05, 0) is 17.0 Å². The Labute approximate surface area is 168 Å². The van der Waals surface area contributed by atoms with Gasteiger partial charge in [-0.25, -0.2) is 0 Å². The number of aromatic nitrogens is 2. The first-order valence-electron chi connectivity index (χ1n) is 9.53. The Morgan fingerprint density at radius 1 is 1.14 bits per heavy atom. The summed E-state index contributed by atoms with van der Waals surface area (Å²) in [6.45, 7) is 5.47. The fourth-order valence-corrected chi connectivity index (χ4v) is 4.01. The molecule has 146 valence electrons. The molecule has 1 saturated heterocycles. The van der Waals surface area contributed by atoms with Gasteiger partial charge in [-0.3, -0.25) is 14.4 Å². The maximum Gasteiger partial charge on any atom is 0.255 e. The number of morpholine rings is 1. The number of hydrogen-bond donors (Lipinski definition) is 1. The summed E-state index contributed by atoms with van der Waals surface area (Å²) >= 11 is 1.60. The number of nitrogens with one attached hydrogen (secondary N) is 1. The molecule has 0 unspecified atom stereocenters. The number of hydrogen-bond acceptors (Lipinski definition) is 5. The van der Waals surface area contributed by atoms with E-state index >= 15 is 0 Å². The molecule has 1 aliphatic heterocycles. The molecule has 2 aromatic heterocycles. The van der Waals surface area contributed by atoms with Gasteiger partial charge >= 0.3 is 0 Å². The zero-order valence-corrected chi connectivity index (χ0v) is 16.5. The molecule has 28 heavy (non-hydrogen) atoms. The number of ether oxygens (including phenoxy) is 1. The third kappa shape index (κ3) is 4.67. The van der Waals surface area contributed by atoms with Gasteiger partial charge < -0.3 is 10.1 Å². The molecule has 3 heterocycles. The van der Waals surface area contributed by atoms with Gasteiger partial charge in [0.05, 0.1) is 30.2 Å². The van der Waals surface area contributed by atoms with Crippen molar-refractivity contribution < 1.29 is 9.53 Å². The lowest BCUT2D eigenvalue weighted by molar-refractivity contribution is 0.0383. The maximum absolute atomic E-state index is 12.9. The van der Waals surface area contributed by atoms with Crippen LogP contribution < -0.4 is 5.32 Å². The molecule has 1 aromatic carbocycles. The van der Waals surface area contributed by atoms with E-state index in [0.29, 0.717) is 18.7 Å². The lowest BCUT2D eigenvalue weighted by atomic mass is 10.2. The zero-order chi connectivity index (χ0) is 19.2. The first-order chi connectivity index (χ1) is 13.8. The summed E-state index contributed by atoms with van der Waals surface area (Å²) in [7, 11) is 0. The number of carbonyl (C=O) groups excluding carboxylic acids is 1. The van der Waals surface area contributed by atoms with E-state index in [4.69, 9.17) is 9.84 Å². The number of nitrogens with zero attached hydrogens (tertiary/aromatic N) is 3. The highest BCUT2D eigenvalue weighted by Gasteiger charge is 2.19. The fraction of sp³-hybridized carbons (Fsp3) is 0.333. The van der Waals surface area contributed by atoms with E-state index in [-0.39, 0.29) is 5.91 Å². The van der Waals surface area contributed by atoms with Crippen LogP contribution in [0, 0.1) is 0 Å². The summed E-state index contributed by atoms with van der Waals surface area (Å²) in [6, 6.07) is 14.1. The second-order valence-corrected chi connectivity index (χ2v) is 7.71. The third-order valence-electron chi connectivity index (χ3n) is 4.77. The van der Waals surface area contributed by atoms with Crippen LogP contribution in [-0.4, -0.2) is 60.0 Å². The van der Waals surface area contributed by atoms with Crippen molar-refractivity contribution in [2.24, 2.45) is 0 Å². The van der Waals surface area contributed by atoms with E-state index in [9.17, 15) is 4.79 Å². The van der Waals surface area contributed by atoms with E-state index in [1.165, 1.54) is 0 Å². The summed E-state index contributed by atoms with van der Waals surface area (Å²) in [6.07, 6.45) is 1.85. The molecule has 0 atom stereocenters. The van der Waals surface area contributed by atoms with Crippen molar-refractivity contribution in [2.75, 3.05) is 39.4 Å². The molecule has 3 aromatic rings. The summed E-state index contributed by atoms with van der Waals surface area (Å²) in [5.74, 6) is -0.0732. The number of amides is 1. The standard InChI is InChI=1S/C21H24N4O2S/c26-21(22-8-9-24-10-12-27-13-11-24)18-16-25(15-17-5-2-1-3-6-17)23-20(18)19-7-4-14-28-19/h1-7,14,16H,8-13,15H2,(H,22,26). The number of rotatable bonds is 7. The average molecular weight is 397 g/mol. The van der Waals surface area contributed by atoms with E-state index in [0.717, 1.165) is 49.0 Å². The van der Waals surface area contributed by atoms with Crippen molar-refractivity contribution in [1.29, 1.82) is 0 Å². The fourth-order valence-electron chi connectivity index (χ4n) is 3.28. The smallest absolute Gasteiger partial charge is 0.255 e. The minimum atomic E-state index is -0.0732. The Balaban J connectivity index is 1.47. The predicted octanol–water partition coefficient (Wildman–Crippen LogP) is 2.72. The first-order valence-corrected chi connectivity index (χ1v) is 10.4. The Morgan fingerprint density at radius 3 is 2.71 bits per heavy atom. The molecule has 0 bridgehead atoms. The largest absolute Gasteiger partial charge is 0.379 e. The van der Waals surface area contributed by atoms with Crippen molar-refractivity contribution in [3.8, 4) is 10.6 Å². The Kier molecular flexibility index (Phi) is 6.16. The summed E-state index contributed by atoms with van der Waals surface area (Å²) in [5.41, 5.74) is 2.53. The lowest BCUT2D eigenvalue weighted by Crippen LogP contribution is -2.41. The molecule has 0 radical (unpaired) electrons. The molecule has 0 aliphatic carbocycles. The van der Waals surface area contributed by atoms with Crippen molar-refractivity contribution in [1.82, 2.24) is 20.0 Å². The van der Waals surface area contributed by atoms with Crippen LogP contribution in [0.1, 0.15) is 15.9 Å². The quantitative estimate of drug-likeness (QED) is 0.667. The van der Waals surface area contributed by atoms with Crippen LogP contribution in [0.15, 0.2) is 54.0 Å². The zero-order valence-electron chi connectivity index (χ0n) is 15.7. The maximum atomic E-state index is 12.9. The molecule has 1 amide bonds. The van der Waals surface area contributed by atoms with E-state index in [1.54, 1.807) is 11.3 Å². The molecule has 1 aliphatic rings. The van der Waals surface area contributed by atoms with Crippen molar-refractivity contribution in [3.05, 3.63) is 65.2 Å². The molecule has 7 heteroatoms. The normalized spacial score (nSPS) is 14.9. The number of thiophene rings is 1. The molecule has 4 rings (SSSR count). The second kappa shape index (κ2) is 9.14. The summed E-state index contributed by atoms with van der Waals surface area (Å²) < 4.78 is 7.21. The van der Waals surface area contributed by atoms with Gasteiger partial charge in [0.15, 0.2) is 0 Å². The van der Waals surface area contributed by atoms with Gasteiger partial charge in [0.1, 0.15) is 5.69 Å². The van der Waals surface area contributed by atoms with E-state index < -0.39 is 0 Å². The molecule has 6 nitrogen and oxygen atoms in total. The van der Waals surface area contributed by atoms with Gasteiger partial charge in [-0.2, -0.15) is 5.10 Å². The van der Waals surface area contributed by atoms with Crippen LogP contribution in [0.3, 0.4) is 0 Å². The SMILES string of the molecule is O=C(NCCN1CCOCC1)c1cn(Cc2ccccc2)nc1-c1cccs1. The molecule has 0 spiro atoms. The van der Waals surface area contributed by atoms with Crippen molar-refractivity contribution >= 4 is 17.2 Å². The molecule has 0 saturated carbocycles. The van der Waals surface area contributed by atoms with Gasteiger partial charge in [0.25, 0.3) is 5.91 Å². The topological polar surface area (TPSA) is 59.4 Å². The highest BCUT2D eigenvalue weighted by molar-refractivity contribution is 7.13. The summed E-state index contributed by atoms with van der Waals surface area (Å²) in [4.78, 5) is 16.2. The monoisotopic (exact) mass is 396 g/mol. The van der Waals surface area contributed by atoms with Crippen molar-refractivity contribution in [3.63, 3.8) is 0 Å².